The molecule has 172 valence electrons. The first-order chi connectivity index (χ1) is 15.8. The number of nitrogens with one attached hydrogen (secondary N) is 1. The fourth-order valence-corrected chi connectivity index (χ4v) is 5.49. The molecule has 0 aromatic heterocycles. The summed E-state index contributed by atoms with van der Waals surface area (Å²) in [5.41, 5.74) is 3.47. The summed E-state index contributed by atoms with van der Waals surface area (Å²) in [6.45, 7) is 1.41. The third-order valence-corrected chi connectivity index (χ3v) is 7.14. The number of carbonyl (C=O) groups excluding carboxylic acids is 3. The highest BCUT2D eigenvalue weighted by molar-refractivity contribution is 8.14. The maximum atomic E-state index is 13.6. The van der Waals surface area contributed by atoms with E-state index in [1.165, 1.54) is 11.8 Å². The third-order valence-electron chi connectivity index (χ3n) is 6.15. The van der Waals surface area contributed by atoms with E-state index in [1.54, 1.807) is 0 Å². The third kappa shape index (κ3) is 4.95. The van der Waals surface area contributed by atoms with Gasteiger partial charge in [0.15, 0.2) is 5.12 Å². The van der Waals surface area contributed by atoms with Crippen molar-refractivity contribution < 1.29 is 24.3 Å². The molecule has 0 saturated carbocycles. The summed E-state index contributed by atoms with van der Waals surface area (Å²) in [5, 5.41) is 11.8. The number of thioether (sulfide) groups is 1. The number of carboxylic acid groups (broad SMARTS) is 1. The van der Waals surface area contributed by atoms with Crippen molar-refractivity contribution in [1.29, 1.82) is 0 Å². The number of aliphatic carboxylic acids is 1. The molecule has 2 aliphatic heterocycles. The van der Waals surface area contributed by atoms with Crippen LogP contribution in [0.25, 0.3) is 0 Å². The lowest BCUT2D eigenvalue weighted by Gasteiger charge is -2.36. The Morgan fingerprint density at radius 2 is 1.73 bits per heavy atom. The van der Waals surface area contributed by atoms with E-state index in [9.17, 15) is 24.3 Å². The second-order valence-corrected chi connectivity index (χ2v) is 9.79. The Kier molecular flexibility index (Phi) is 6.83. The zero-order valence-corrected chi connectivity index (χ0v) is 19.1. The first-order valence-corrected chi connectivity index (χ1v) is 11.9. The maximum absolute atomic E-state index is 13.6. The Morgan fingerprint density at radius 3 is 2.36 bits per heavy atom. The number of rotatable bonds is 6. The van der Waals surface area contributed by atoms with Crippen molar-refractivity contribution in [3.05, 3.63) is 65.2 Å². The molecule has 0 aliphatic carbocycles. The van der Waals surface area contributed by atoms with Crippen molar-refractivity contribution in [2.24, 2.45) is 0 Å². The molecule has 0 fully saturated rings. The molecule has 0 saturated heterocycles. The van der Waals surface area contributed by atoms with Gasteiger partial charge in [-0.3, -0.25) is 19.3 Å². The Morgan fingerprint density at radius 1 is 1.06 bits per heavy atom. The first-order valence-electron chi connectivity index (χ1n) is 11.0. The summed E-state index contributed by atoms with van der Waals surface area (Å²) in [4.78, 5) is 51.9. The molecule has 7 nitrogen and oxygen atoms in total. The number of hydrogen-bond acceptors (Lipinski definition) is 5. The Bertz CT molecular complexity index is 1090. The van der Waals surface area contributed by atoms with Gasteiger partial charge >= 0.3 is 5.97 Å². The smallest absolute Gasteiger partial charge is 0.326 e. The first kappa shape index (κ1) is 23.0. The number of para-hydroxylation sites is 1. The van der Waals surface area contributed by atoms with E-state index in [4.69, 9.17) is 0 Å². The lowest BCUT2D eigenvalue weighted by Crippen LogP contribution is -2.56. The molecule has 0 bridgehead atoms. The van der Waals surface area contributed by atoms with Crippen LogP contribution < -0.4 is 10.2 Å². The molecule has 2 amide bonds. The van der Waals surface area contributed by atoms with Gasteiger partial charge in [0.05, 0.1) is 10.9 Å². The lowest BCUT2D eigenvalue weighted by atomic mass is 9.92. The number of benzene rings is 2. The normalized spacial score (nSPS) is 20.4. The molecule has 4 rings (SSSR count). The quantitative estimate of drug-likeness (QED) is 0.679. The predicted octanol–water partition coefficient (Wildman–Crippen LogP) is 2.74. The Labute approximate surface area is 196 Å². The van der Waals surface area contributed by atoms with Crippen molar-refractivity contribution >= 4 is 40.3 Å². The molecule has 3 atom stereocenters. The van der Waals surface area contributed by atoms with E-state index in [-0.39, 0.29) is 5.12 Å². The van der Waals surface area contributed by atoms with Crippen LogP contribution >= 0.6 is 11.8 Å². The van der Waals surface area contributed by atoms with E-state index < -0.39 is 35.1 Å². The molecule has 0 unspecified atom stereocenters. The highest BCUT2D eigenvalue weighted by atomic mass is 32.2. The summed E-state index contributed by atoms with van der Waals surface area (Å²) < 4.78 is 0. The van der Waals surface area contributed by atoms with Gasteiger partial charge in [-0.2, -0.15) is 0 Å². The zero-order valence-electron chi connectivity index (χ0n) is 18.3. The van der Waals surface area contributed by atoms with Crippen LogP contribution in [0.4, 0.5) is 5.69 Å². The number of amides is 2. The second-order valence-electron chi connectivity index (χ2n) is 8.41. The lowest BCUT2D eigenvalue weighted by molar-refractivity contribution is -0.140. The van der Waals surface area contributed by atoms with Crippen molar-refractivity contribution in [2.45, 2.75) is 56.4 Å². The van der Waals surface area contributed by atoms with E-state index in [2.05, 4.69) is 5.32 Å². The molecular formula is C25H26N2O5S. The maximum Gasteiger partial charge on any atom is 0.326 e. The van der Waals surface area contributed by atoms with Crippen molar-refractivity contribution in [2.75, 3.05) is 4.90 Å². The zero-order chi connectivity index (χ0) is 23.5. The van der Waals surface area contributed by atoms with Crippen molar-refractivity contribution in [3.8, 4) is 0 Å². The van der Waals surface area contributed by atoms with Crippen LogP contribution in [0.15, 0.2) is 48.5 Å². The van der Waals surface area contributed by atoms with Crippen LogP contribution in [-0.2, 0) is 38.4 Å². The van der Waals surface area contributed by atoms with Gasteiger partial charge in [-0.1, -0.05) is 60.3 Å². The topological polar surface area (TPSA) is 104 Å². The molecule has 2 aromatic carbocycles. The average molecular weight is 467 g/mol. The fourth-order valence-electron chi connectivity index (χ4n) is 4.64. The van der Waals surface area contributed by atoms with Crippen LogP contribution in [0.3, 0.4) is 0 Å². The molecule has 2 aliphatic rings. The number of carboxylic acids is 1. The van der Waals surface area contributed by atoms with Crippen LogP contribution in [0.1, 0.15) is 36.5 Å². The van der Waals surface area contributed by atoms with Gasteiger partial charge in [-0.25, -0.2) is 4.79 Å². The highest BCUT2D eigenvalue weighted by Gasteiger charge is 2.42. The van der Waals surface area contributed by atoms with Crippen LogP contribution in [0.2, 0.25) is 0 Å². The van der Waals surface area contributed by atoms with E-state index >= 15 is 0 Å². The van der Waals surface area contributed by atoms with Crippen LogP contribution in [0.5, 0.6) is 0 Å². The number of carbonyl (C=O) groups is 4. The summed E-state index contributed by atoms with van der Waals surface area (Å²) in [6, 6.07) is 13.3. The van der Waals surface area contributed by atoms with E-state index in [0.29, 0.717) is 37.8 Å². The summed E-state index contributed by atoms with van der Waals surface area (Å²) in [7, 11) is 0. The molecule has 2 aromatic rings. The summed E-state index contributed by atoms with van der Waals surface area (Å²) in [5.74, 6) is -1.86. The van der Waals surface area contributed by atoms with Gasteiger partial charge in [-0.05, 0) is 48.8 Å². The SMILES string of the molecule is CC(=O)S[C@@H](Cc1ccccc1)C(=O)N[C@H]1CCc2cccc3c2N(C1=O)[C@H](C(=O)O)CC3. The van der Waals surface area contributed by atoms with Gasteiger partial charge < -0.3 is 10.4 Å². The van der Waals surface area contributed by atoms with Crippen LogP contribution in [0, 0.1) is 0 Å². The number of hydrogen-bond donors (Lipinski definition) is 2. The molecule has 0 spiro atoms. The second kappa shape index (κ2) is 9.79. The number of aryl methyl sites for hydroxylation is 2. The van der Waals surface area contributed by atoms with Crippen molar-refractivity contribution in [1.82, 2.24) is 5.32 Å². The standard InChI is InChI=1S/C25H26N2O5S/c1-15(28)33-21(14-16-6-3-2-4-7-16)23(29)26-19-12-10-17-8-5-9-18-11-13-20(25(31)32)27(22(17)18)24(19)30/h2-9,19-21H,10-14H2,1H3,(H,26,29)(H,31,32)/t19-,20-,21-/m0/s1. The molecule has 2 N–H and O–H groups in total. The molecule has 2 heterocycles. The highest BCUT2D eigenvalue weighted by Crippen LogP contribution is 2.37. The largest absolute Gasteiger partial charge is 0.480 e. The monoisotopic (exact) mass is 466 g/mol. The van der Waals surface area contributed by atoms with E-state index in [1.807, 2.05) is 48.5 Å². The average Bonchev–Trinajstić information content (AvgIpc) is 2.93. The van der Waals surface area contributed by atoms with Crippen molar-refractivity contribution in [3.63, 3.8) is 0 Å². The fraction of sp³-hybridized carbons (Fsp3) is 0.360. The minimum atomic E-state index is -1.05. The Balaban J connectivity index is 1.59. The summed E-state index contributed by atoms with van der Waals surface area (Å²) >= 11 is 0.941. The van der Waals surface area contributed by atoms with Gasteiger partial charge in [-0.15, -0.1) is 0 Å². The number of anilines is 1. The van der Waals surface area contributed by atoms with Gasteiger partial charge in [0.2, 0.25) is 11.8 Å². The molecule has 33 heavy (non-hydrogen) atoms. The van der Waals surface area contributed by atoms with Gasteiger partial charge in [0, 0.05) is 6.92 Å². The van der Waals surface area contributed by atoms with Gasteiger partial charge in [0.1, 0.15) is 12.1 Å². The minimum absolute atomic E-state index is 0.183. The van der Waals surface area contributed by atoms with Gasteiger partial charge in [0.25, 0.3) is 0 Å². The minimum Gasteiger partial charge on any atom is -0.480 e. The summed E-state index contributed by atoms with van der Waals surface area (Å²) in [6.07, 6.45) is 2.19. The molecule has 8 heteroatoms. The van der Waals surface area contributed by atoms with Crippen LogP contribution in [-0.4, -0.2) is 45.3 Å². The predicted molar refractivity (Wildman–Crippen MR) is 126 cm³/mol. The Hall–Kier alpha value is -3.13. The number of nitrogens with zero attached hydrogens (tertiary/aromatic N) is 1. The molecular weight excluding hydrogens is 440 g/mol. The molecule has 0 radical (unpaired) electrons. The van der Waals surface area contributed by atoms with E-state index in [0.717, 1.165) is 28.5 Å².